The topological polar surface area (TPSA) is 142 Å². The fourth-order valence-electron chi connectivity index (χ4n) is 8.73. The monoisotopic (exact) mass is 720 g/mol. The summed E-state index contributed by atoms with van der Waals surface area (Å²) >= 11 is 14.3. The summed E-state index contributed by atoms with van der Waals surface area (Å²) in [6.45, 7) is 3.73. The molecule has 1 saturated carbocycles. The number of halogens is 2. The number of thiophene rings is 1. The van der Waals surface area contributed by atoms with Crippen molar-refractivity contribution in [3.05, 3.63) is 69.2 Å². The Kier molecular flexibility index (Phi) is 7.11. The first kappa shape index (κ1) is 32.0. The zero-order valence-corrected chi connectivity index (χ0v) is 29.1. The number of phenols is 1. The number of benzene rings is 2. The van der Waals surface area contributed by atoms with Gasteiger partial charge in [-0.2, -0.15) is 10.2 Å². The number of aromatic nitrogens is 2. The number of allylic oxidation sites excluding steroid dienone is 2. The quantitative estimate of drug-likeness (QED) is 0.143. The minimum Gasteiger partial charge on any atom is -0.503 e. The van der Waals surface area contributed by atoms with Gasteiger partial charge in [-0.3, -0.25) is 29.1 Å². The molecule has 4 heterocycles. The van der Waals surface area contributed by atoms with Crippen molar-refractivity contribution < 1.29 is 34.2 Å². The molecule has 2 saturated heterocycles. The van der Waals surface area contributed by atoms with Gasteiger partial charge in [-0.15, -0.1) is 11.3 Å². The van der Waals surface area contributed by atoms with Crippen LogP contribution in [0.15, 0.2) is 48.0 Å². The third kappa shape index (κ3) is 4.27. The van der Waals surface area contributed by atoms with Crippen LogP contribution in [0.5, 0.6) is 11.5 Å². The number of amides is 4. The zero-order chi connectivity index (χ0) is 34.8. The fourth-order valence-corrected chi connectivity index (χ4v) is 10.3. The van der Waals surface area contributed by atoms with Crippen LogP contribution in [0, 0.1) is 36.0 Å². The van der Waals surface area contributed by atoms with Gasteiger partial charge in [0.25, 0.3) is 11.8 Å². The lowest BCUT2D eigenvalue weighted by molar-refractivity contribution is -0.173. The molecule has 8 rings (SSSR count). The summed E-state index contributed by atoms with van der Waals surface area (Å²) in [5.41, 5.74) is 1.42. The maximum absolute atomic E-state index is 14.9. The Labute approximate surface area is 294 Å². The molecule has 2 aromatic carbocycles. The van der Waals surface area contributed by atoms with E-state index >= 15 is 0 Å². The van der Waals surface area contributed by atoms with Gasteiger partial charge < -0.3 is 9.84 Å². The van der Waals surface area contributed by atoms with Crippen molar-refractivity contribution in [3.8, 4) is 22.1 Å². The molecule has 2 N–H and O–H groups in total. The van der Waals surface area contributed by atoms with Gasteiger partial charge in [0.15, 0.2) is 11.5 Å². The second-order valence-electron chi connectivity index (χ2n) is 13.4. The van der Waals surface area contributed by atoms with E-state index in [1.54, 1.807) is 32.2 Å². The van der Waals surface area contributed by atoms with E-state index in [2.05, 4.69) is 0 Å². The van der Waals surface area contributed by atoms with Gasteiger partial charge in [-0.25, -0.2) is 4.90 Å². The molecule has 4 aromatic rings. The number of phenolic OH excluding ortho intramolecular Hbond substituents is 1. The van der Waals surface area contributed by atoms with Gasteiger partial charge in [0.05, 0.1) is 40.2 Å². The number of ether oxygens (including phenoxy) is 1. The lowest BCUT2D eigenvalue weighted by atomic mass is 9.51. The SMILES string of the molecule is COc1cc(C2C3=CCC4C(=O)N(O)C(=O)C4C3CC3C(=O)N(c4cc(-c5sc6ccc(Cl)cc6c5C)nn4C)C(=O)C32C)cc(Cl)c1O. The summed E-state index contributed by atoms with van der Waals surface area (Å²) in [6, 6.07) is 10.5. The molecule has 3 fully saturated rings. The van der Waals surface area contributed by atoms with Crippen molar-refractivity contribution in [2.75, 3.05) is 12.0 Å². The van der Waals surface area contributed by atoms with Crippen LogP contribution in [0.4, 0.5) is 5.82 Å². The number of rotatable bonds is 4. The first-order chi connectivity index (χ1) is 23.3. The summed E-state index contributed by atoms with van der Waals surface area (Å²) in [5, 5.41) is 27.4. The fraction of sp³-hybridized carbons (Fsp3) is 0.343. The van der Waals surface area contributed by atoms with Crippen molar-refractivity contribution >= 4 is 74.1 Å². The Hall–Kier alpha value is -4.23. The number of carbonyl (C=O) groups is 4. The molecule has 49 heavy (non-hydrogen) atoms. The van der Waals surface area contributed by atoms with Crippen molar-refractivity contribution in [2.45, 2.75) is 32.6 Å². The Balaban J connectivity index is 1.28. The molecule has 2 aliphatic carbocycles. The highest BCUT2D eigenvalue weighted by molar-refractivity contribution is 7.22. The maximum atomic E-state index is 14.9. The molecule has 4 aliphatic rings. The minimum absolute atomic E-state index is 0.00976. The third-order valence-electron chi connectivity index (χ3n) is 11.1. The molecule has 0 radical (unpaired) electrons. The van der Waals surface area contributed by atoms with Crippen molar-refractivity contribution in [1.29, 1.82) is 0 Å². The molecule has 4 amide bonds. The molecular formula is C35H30Cl2N4O7S. The molecule has 6 atom stereocenters. The number of imide groups is 2. The summed E-state index contributed by atoms with van der Waals surface area (Å²) < 4.78 is 7.96. The number of methoxy groups -OCH3 is 1. The highest BCUT2D eigenvalue weighted by Gasteiger charge is 2.68. The number of hydroxylamine groups is 2. The van der Waals surface area contributed by atoms with Gasteiger partial charge in [-0.1, -0.05) is 34.9 Å². The number of carbonyl (C=O) groups excluding carboxylic acids is 4. The highest BCUT2D eigenvalue weighted by Crippen LogP contribution is 2.64. The molecule has 6 unspecified atom stereocenters. The van der Waals surface area contributed by atoms with Crippen LogP contribution in [0.25, 0.3) is 20.7 Å². The number of aryl methyl sites for hydroxylation is 2. The van der Waals surface area contributed by atoms with E-state index in [-0.39, 0.29) is 34.4 Å². The summed E-state index contributed by atoms with van der Waals surface area (Å²) in [7, 11) is 3.06. The molecular weight excluding hydrogens is 691 g/mol. The second-order valence-corrected chi connectivity index (χ2v) is 15.3. The van der Waals surface area contributed by atoms with Gasteiger partial charge in [0.1, 0.15) is 11.5 Å². The average Bonchev–Trinajstić information content (AvgIpc) is 3.73. The lowest BCUT2D eigenvalue weighted by Crippen LogP contribution is -2.48. The van der Waals surface area contributed by atoms with E-state index in [0.29, 0.717) is 27.7 Å². The van der Waals surface area contributed by atoms with Gasteiger partial charge in [-0.05, 0) is 79.5 Å². The van der Waals surface area contributed by atoms with Crippen LogP contribution in [0.1, 0.15) is 36.8 Å². The van der Waals surface area contributed by atoms with E-state index < -0.39 is 58.6 Å². The number of hydrogen-bond donors (Lipinski definition) is 2. The smallest absolute Gasteiger partial charge is 0.257 e. The normalized spacial score (nSPS) is 27.9. The molecule has 2 aliphatic heterocycles. The van der Waals surface area contributed by atoms with Crippen LogP contribution >= 0.6 is 34.5 Å². The highest BCUT2D eigenvalue weighted by atomic mass is 35.5. The predicted octanol–water partition coefficient (Wildman–Crippen LogP) is 6.25. The Morgan fingerprint density at radius 3 is 2.53 bits per heavy atom. The molecule has 11 nitrogen and oxygen atoms in total. The minimum atomic E-state index is -1.36. The van der Waals surface area contributed by atoms with Gasteiger partial charge in [0, 0.05) is 28.8 Å². The molecule has 14 heteroatoms. The zero-order valence-electron chi connectivity index (χ0n) is 26.7. The summed E-state index contributed by atoms with van der Waals surface area (Å²) in [5.74, 6) is -6.22. The first-order valence-corrected chi connectivity index (χ1v) is 17.3. The number of nitrogens with zero attached hydrogens (tertiary/aromatic N) is 4. The van der Waals surface area contributed by atoms with Gasteiger partial charge >= 0.3 is 0 Å². The maximum Gasteiger partial charge on any atom is 0.257 e. The van der Waals surface area contributed by atoms with Crippen LogP contribution < -0.4 is 9.64 Å². The lowest BCUT2D eigenvalue weighted by Gasteiger charge is -2.49. The van der Waals surface area contributed by atoms with Crippen LogP contribution in [-0.4, -0.2) is 55.9 Å². The number of anilines is 1. The Morgan fingerprint density at radius 2 is 1.80 bits per heavy atom. The van der Waals surface area contributed by atoms with E-state index in [0.717, 1.165) is 20.5 Å². The summed E-state index contributed by atoms with van der Waals surface area (Å²) in [4.78, 5) is 57.8. The van der Waals surface area contributed by atoms with Crippen molar-refractivity contribution in [1.82, 2.24) is 14.8 Å². The van der Waals surface area contributed by atoms with E-state index in [9.17, 15) is 29.5 Å². The Morgan fingerprint density at radius 1 is 1.04 bits per heavy atom. The van der Waals surface area contributed by atoms with Crippen molar-refractivity contribution in [3.63, 3.8) is 0 Å². The molecule has 0 spiro atoms. The first-order valence-electron chi connectivity index (χ1n) is 15.7. The number of aromatic hydroxyl groups is 1. The largest absolute Gasteiger partial charge is 0.503 e. The summed E-state index contributed by atoms with van der Waals surface area (Å²) in [6.07, 6.45) is 2.14. The van der Waals surface area contributed by atoms with Crippen LogP contribution in [0.3, 0.4) is 0 Å². The molecule has 2 aromatic heterocycles. The Bertz CT molecular complexity index is 2210. The van der Waals surface area contributed by atoms with Gasteiger partial charge in [0.2, 0.25) is 11.8 Å². The number of fused-ring (bicyclic) bond motifs is 5. The van der Waals surface area contributed by atoms with E-state index in [4.69, 9.17) is 33.0 Å². The van der Waals surface area contributed by atoms with Crippen molar-refractivity contribution in [2.24, 2.45) is 36.1 Å². The second kappa shape index (κ2) is 10.9. The molecule has 252 valence electrons. The van der Waals surface area contributed by atoms with E-state index in [1.165, 1.54) is 28.0 Å². The third-order valence-corrected chi connectivity index (χ3v) is 12.9. The average molecular weight is 722 g/mol. The van der Waals surface area contributed by atoms with E-state index in [1.807, 2.05) is 31.2 Å². The van der Waals surface area contributed by atoms with Crippen LogP contribution in [0.2, 0.25) is 10.0 Å². The van der Waals surface area contributed by atoms with Crippen LogP contribution in [-0.2, 0) is 26.2 Å². The molecule has 0 bridgehead atoms. The standard InChI is InChI=1S/C35H30Cl2N4O7S/c1-14-19-11-16(36)5-8-25(19)49-30(14)23-13-26(39(3)38-23)40-32(44)21-12-20-17(6-7-18-27(20)33(45)41(47)31(18)43)28(35(21,2)34(40)46)15-9-22(37)29(42)24(10-15)48-4/h5-6,8-11,13,18,20-21,27-28,42,47H,7,12H2,1-4H3. The predicted molar refractivity (Wildman–Crippen MR) is 182 cm³/mol. The number of hydrogen-bond acceptors (Lipinski definition) is 9.